The van der Waals surface area contributed by atoms with Gasteiger partial charge in [0.15, 0.2) is 6.33 Å². The number of rotatable bonds is 6. The molecule has 0 fully saturated rings. The number of anilines is 1. The third kappa shape index (κ3) is 4.51. The Hall–Kier alpha value is -2.21. The third-order valence-corrected chi connectivity index (χ3v) is 2.53. The molecule has 100 valence electrons. The van der Waals surface area contributed by atoms with Crippen LogP contribution in [0, 0.1) is 0 Å². The van der Waals surface area contributed by atoms with Crippen LogP contribution in [-0.2, 0) is 17.8 Å². The van der Waals surface area contributed by atoms with E-state index in [4.69, 9.17) is 4.52 Å². The fraction of sp³-hybridized carbons (Fsp3) is 0.308. The van der Waals surface area contributed by atoms with Gasteiger partial charge in [0.25, 0.3) is 0 Å². The van der Waals surface area contributed by atoms with Crippen molar-refractivity contribution in [2.45, 2.75) is 19.9 Å². The average molecular weight is 260 g/mol. The first kappa shape index (κ1) is 13.2. The molecular weight excluding hydrogens is 244 g/mol. The first-order valence-electron chi connectivity index (χ1n) is 6.07. The zero-order valence-electron chi connectivity index (χ0n) is 10.7. The molecule has 0 saturated carbocycles. The molecule has 0 aliphatic carbocycles. The highest BCUT2D eigenvalue weighted by molar-refractivity contribution is 5.88. The summed E-state index contributed by atoms with van der Waals surface area (Å²) in [6.07, 6.45) is 2.11. The van der Waals surface area contributed by atoms with Gasteiger partial charge in [-0.3, -0.25) is 4.79 Å². The molecule has 2 aromatic rings. The van der Waals surface area contributed by atoms with Gasteiger partial charge in [-0.25, -0.2) is 0 Å². The van der Waals surface area contributed by atoms with Crippen LogP contribution >= 0.6 is 0 Å². The summed E-state index contributed by atoms with van der Waals surface area (Å²) in [5.74, 6) is 0.568. The van der Waals surface area contributed by atoms with Crippen LogP contribution in [0.5, 0.6) is 0 Å². The zero-order chi connectivity index (χ0) is 13.5. The predicted molar refractivity (Wildman–Crippen MR) is 70.5 cm³/mol. The van der Waals surface area contributed by atoms with Gasteiger partial charge in [0.1, 0.15) is 0 Å². The number of hydrogen-bond acceptors (Lipinski definition) is 5. The van der Waals surface area contributed by atoms with E-state index >= 15 is 0 Å². The van der Waals surface area contributed by atoms with Crippen molar-refractivity contribution >= 4 is 11.6 Å². The second-order valence-electron chi connectivity index (χ2n) is 4.14. The average Bonchev–Trinajstić information content (AvgIpc) is 2.89. The number of hydrogen-bond donors (Lipinski definition) is 2. The maximum atomic E-state index is 10.9. The lowest BCUT2D eigenvalue weighted by atomic mass is 10.2. The molecule has 1 aromatic carbocycles. The Morgan fingerprint density at radius 3 is 2.74 bits per heavy atom. The normalized spacial score (nSPS) is 10.4. The number of aromatic nitrogens is 2. The van der Waals surface area contributed by atoms with Crippen molar-refractivity contribution in [2.75, 3.05) is 11.9 Å². The van der Waals surface area contributed by atoms with E-state index in [1.807, 2.05) is 24.3 Å². The highest BCUT2D eigenvalue weighted by Gasteiger charge is 1.99. The zero-order valence-corrected chi connectivity index (χ0v) is 10.7. The van der Waals surface area contributed by atoms with Crippen molar-refractivity contribution in [1.82, 2.24) is 15.5 Å². The molecule has 0 spiro atoms. The molecule has 2 rings (SSSR count). The molecule has 0 bridgehead atoms. The summed E-state index contributed by atoms with van der Waals surface area (Å²) in [6.45, 7) is 3.02. The van der Waals surface area contributed by atoms with Gasteiger partial charge in [-0.1, -0.05) is 17.3 Å². The summed E-state index contributed by atoms with van der Waals surface area (Å²) in [4.78, 5) is 14.8. The first-order valence-corrected chi connectivity index (χ1v) is 6.07. The number of benzene rings is 1. The molecule has 6 nitrogen and oxygen atoms in total. The monoisotopic (exact) mass is 260 g/mol. The van der Waals surface area contributed by atoms with E-state index in [9.17, 15) is 4.79 Å². The van der Waals surface area contributed by atoms with E-state index in [2.05, 4.69) is 20.8 Å². The van der Waals surface area contributed by atoms with E-state index in [1.165, 1.54) is 13.3 Å². The van der Waals surface area contributed by atoms with Crippen LogP contribution in [0.3, 0.4) is 0 Å². The van der Waals surface area contributed by atoms with Crippen molar-refractivity contribution < 1.29 is 9.32 Å². The van der Waals surface area contributed by atoms with Crippen LogP contribution in [-0.4, -0.2) is 22.6 Å². The Kier molecular flexibility index (Phi) is 4.63. The van der Waals surface area contributed by atoms with Gasteiger partial charge in [-0.15, -0.1) is 0 Å². The molecule has 0 unspecified atom stereocenters. The number of nitrogens with zero attached hydrogens (tertiary/aromatic N) is 2. The maximum absolute atomic E-state index is 10.9. The lowest BCUT2D eigenvalue weighted by Crippen LogP contribution is -2.16. The minimum Gasteiger partial charge on any atom is -0.340 e. The summed E-state index contributed by atoms with van der Waals surface area (Å²) < 4.78 is 4.90. The Morgan fingerprint density at radius 2 is 2.11 bits per heavy atom. The summed E-state index contributed by atoms with van der Waals surface area (Å²) >= 11 is 0. The number of carbonyl (C=O) groups excluding carboxylic acids is 1. The number of amides is 1. The largest absolute Gasteiger partial charge is 0.340 e. The van der Waals surface area contributed by atoms with Crippen molar-refractivity contribution in [1.29, 1.82) is 0 Å². The topological polar surface area (TPSA) is 80.0 Å². The Labute approximate surface area is 111 Å². The molecule has 1 amide bonds. The van der Waals surface area contributed by atoms with Crippen molar-refractivity contribution in [3.05, 3.63) is 42.0 Å². The number of nitrogens with one attached hydrogen (secondary N) is 2. The predicted octanol–water partition coefficient (Wildman–Crippen LogP) is 1.36. The molecular formula is C13H16N4O2. The molecule has 1 heterocycles. The van der Waals surface area contributed by atoms with Crippen LogP contribution in [0.25, 0.3) is 0 Å². The summed E-state index contributed by atoms with van der Waals surface area (Å²) in [7, 11) is 0. The Bertz CT molecular complexity index is 508. The van der Waals surface area contributed by atoms with Crippen molar-refractivity contribution in [3.8, 4) is 0 Å². The van der Waals surface area contributed by atoms with Crippen LogP contribution in [0.2, 0.25) is 0 Å². The molecule has 0 aliphatic heterocycles. The van der Waals surface area contributed by atoms with Crippen molar-refractivity contribution in [3.63, 3.8) is 0 Å². The first-order chi connectivity index (χ1) is 9.24. The van der Waals surface area contributed by atoms with E-state index in [0.29, 0.717) is 12.3 Å². The van der Waals surface area contributed by atoms with E-state index < -0.39 is 0 Å². The third-order valence-electron chi connectivity index (χ3n) is 2.53. The molecule has 6 heteroatoms. The highest BCUT2D eigenvalue weighted by atomic mass is 16.5. The van der Waals surface area contributed by atoms with Gasteiger partial charge in [0.05, 0.1) is 0 Å². The second-order valence-corrected chi connectivity index (χ2v) is 4.14. The second kappa shape index (κ2) is 6.65. The van der Waals surface area contributed by atoms with Crippen LogP contribution in [0.1, 0.15) is 18.4 Å². The Morgan fingerprint density at radius 1 is 1.32 bits per heavy atom. The smallest absolute Gasteiger partial charge is 0.227 e. The van der Waals surface area contributed by atoms with Crippen LogP contribution in [0.15, 0.2) is 35.1 Å². The van der Waals surface area contributed by atoms with Gasteiger partial charge in [-0.05, 0) is 17.7 Å². The molecule has 0 aliphatic rings. The summed E-state index contributed by atoms with van der Waals surface area (Å²) in [6, 6.07) is 7.72. The quantitative estimate of drug-likeness (QED) is 0.767. The SMILES string of the molecule is CC(=O)Nc1ccc(CNCCc2ncno2)cc1. The van der Waals surface area contributed by atoms with Crippen LogP contribution < -0.4 is 10.6 Å². The van der Waals surface area contributed by atoms with Gasteiger partial charge < -0.3 is 15.2 Å². The fourth-order valence-electron chi connectivity index (χ4n) is 1.64. The molecule has 0 radical (unpaired) electrons. The fourth-order valence-corrected chi connectivity index (χ4v) is 1.64. The van der Waals surface area contributed by atoms with Gasteiger partial charge in [0.2, 0.25) is 11.8 Å². The van der Waals surface area contributed by atoms with E-state index in [0.717, 1.165) is 24.3 Å². The Balaban J connectivity index is 1.72. The summed E-state index contributed by atoms with van der Waals surface area (Å²) in [5, 5.41) is 9.56. The van der Waals surface area contributed by atoms with Gasteiger partial charge in [-0.2, -0.15) is 4.98 Å². The lowest BCUT2D eigenvalue weighted by Gasteiger charge is -2.05. The maximum Gasteiger partial charge on any atom is 0.227 e. The van der Waals surface area contributed by atoms with Gasteiger partial charge in [0, 0.05) is 32.1 Å². The lowest BCUT2D eigenvalue weighted by molar-refractivity contribution is -0.114. The van der Waals surface area contributed by atoms with Crippen LogP contribution in [0.4, 0.5) is 5.69 Å². The molecule has 0 atom stereocenters. The minimum absolute atomic E-state index is 0.0644. The highest BCUT2D eigenvalue weighted by Crippen LogP contribution is 2.09. The molecule has 19 heavy (non-hydrogen) atoms. The van der Waals surface area contributed by atoms with E-state index in [1.54, 1.807) is 0 Å². The minimum atomic E-state index is -0.0644. The molecule has 2 N–H and O–H groups in total. The van der Waals surface area contributed by atoms with Crippen molar-refractivity contribution in [2.24, 2.45) is 0 Å². The standard InChI is InChI=1S/C13H16N4O2/c1-10(18)17-12-4-2-11(3-5-12)8-14-7-6-13-15-9-16-19-13/h2-5,9,14H,6-8H2,1H3,(H,17,18). The van der Waals surface area contributed by atoms with Gasteiger partial charge >= 0.3 is 0 Å². The molecule has 0 saturated heterocycles. The van der Waals surface area contributed by atoms with E-state index in [-0.39, 0.29) is 5.91 Å². The summed E-state index contributed by atoms with van der Waals surface area (Å²) in [5.41, 5.74) is 1.96. The number of carbonyl (C=O) groups is 1. The molecule has 1 aromatic heterocycles.